The zero-order valence-corrected chi connectivity index (χ0v) is 13.4. The number of esters is 1. The van der Waals surface area contributed by atoms with Gasteiger partial charge >= 0.3 is 5.97 Å². The van der Waals surface area contributed by atoms with Gasteiger partial charge < -0.3 is 4.74 Å². The first-order chi connectivity index (χ1) is 9.60. The number of hydrogen-bond donors (Lipinski definition) is 0. The summed E-state index contributed by atoms with van der Waals surface area (Å²) in [7, 11) is 1.41. The van der Waals surface area contributed by atoms with E-state index in [1.165, 1.54) is 42.2 Å². The van der Waals surface area contributed by atoms with Crippen LogP contribution in [0, 0.1) is 13.8 Å². The minimum atomic E-state index is -0.223. The van der Waals surface area contributed by atoms with Crippen molar-refractivity contribution in [3.8, 4) is 0 Å². The average molecular weight is 308 g/mol. The quantitative estimate of drug-likeness (QED) is 0.492. The van der Waals surface area contributed by atoms with Gasteiger partial charge in [-0.1, -0.05) is 11.8 Å². The molecule has 4 nitrogen and oxygen atoms in total. The second kappa shape index (κ2) is 5.33. The second-order valence-corrected chi connectivity index (χ2v) is 7.16. The largest absolute Gasteiger partial charge is 0.468 e. The molecule has 0 aromatic carbocycles. The SMILES string of the molecule is COC(=O)CSc1nc(C2CC2)nc2sc(C)c(C)c12. The highest BCUT2D eigenvalue weighted by atomic mass is 32.2. The molecule has 2 heterocycles. The van der Waals surface area contributed by atoms with Crippen LogP contribution in [-0.4, -0.2) is 28.8 Å². The Hall–Kier alpha value is -1.14. The Morgan fingerprint density at radius 3 is 2.80 bits per heavy atom. The van der Waals surface area contributed by atoms with E-state index in [-0.39, 0.29) is 5.97 Å². The van der Waals surface area contributed by atoms with E-state index in [4.69, 9.17) is 14.7 Å². The first-order valence-electron chi connectivity index (χ1n) is 6.57. The molecule has 2 aromatic rings. The van der Waals surface area contributed by atoms with Gasteiger partial charge in [-0.3, -0.25) is 4.79 Å². The number of carbonyl (C=O) groups excluding carboxylic acids is 1. The Labute approximate surface area is 126 Å². The minimum absolute atomic E-state index is 0.223. The van der Waals surface area contributed by atoms with Crippen LogP contribution >= 0.6 is 23.1 Å². The van der Waals surface area contributed by atoms with Crippen molar-refractivity contribution in [3.63, 3.8) is 0 Å². The number of fused-ring (bicyclic) bond motifs is 1. The molecule has 1 aliphatic carbocycles. The number of thioether (sulfide) groups is 1. The number of thiophene rings is 1. The Morgan fingerprint density at radius 1 is 1.40 bits per heavy atom. The van der Waals surface area contributed by atoms with E-state index in [1.807, 2.05) is 0 Å². The van der Waals surface area contributed by atoms with Gasteiger partial charge in [-0.15, -0.1) is 11.3 Å². The summed E-state index contributed by atoms with van der Waals surface area (Å²) in [6.07, 6.45) is 2.35. The highest BCUT2D eigenvalue weighted by Crippen LogP contribution is 2.42. The summed E-state index contributed by atoms with van der Waals surface area (Å²) in [4.78, 5) is 23.1. The topological polar surface area (TPSA) is 52.1 Å². The number of carbonyl (C=O) groups is 1. The molecule has 0 aliphatic heterocycles. The Bertz CT molecular complexity index is 677. The molecule has 0 unspecified atom stereocenters. The summed E-state index contributed by atoms with van der Waals surface area (Å²) in [6, 6.07) is 0. The number of rotatable bonds is 4. The molecule has 6 heteroatoms. The lowest BCUT2D eigenvalue weighted by Crippen LogP contribution is -2.04. The predicted octanol–water partition coefficient (Wildman–Crippen LogP) is 3.45. The van der Waals surface area contributed by atoms with Crippen LogP contribution in [0.3, 0.4) is 0 Å². The van der Waals surface area contributed by atoms with Gasteiger partial charge in [-0.2, -0.15) is 0 Å². The Balaban J connectivity index is 2.03. The first kappa shape index (κ1) is 13.8. The molecule has 0 amide bonds. The highest BCUT2D eigenvalue weighted by Gasteiger charge is 2.28. The average Bonchev–Trinajstić information content (AvgIpc) is 3.24. The standard InChI is InChI=1S/C14H16N2O2S2/c1-7-8(2)20-14-11(7)13(19-6-10(17)18-3)15-12(16-14)9-4-5-9/h9H,4-6H2,1-3H3. The first-order valence-corrected chi connectivity index (χ1v) is 8.37. The summed E-state index contributed by atoms with van der Waals surface area (Å²) in [5.41, 5.74) is 1.22. The number of aromatic nitrogens is 2. The third-order valence-corrected chi connectivity index (χ3v) is 5.56. The molecule has 1 saturated carbocycles. The summed E-state index contributed by atoms with van der Waals surface area (Å²) in [5.74, 6) is 1.52. The summed E-state index contributed by atoms with van der Waals surface area (Å²) in [5, 5.41) is 2.02. The zero-order valence-electron chi connectivity index (χ0n) is 11.7. The van der Waals surface area contributed by atoms with Crippen LogP contribution in [0.15, 0.2) is 5.03 Å². The van der Waals surface area contributed by atoms with Crippen LogP contribution in [0.5, 0.6) is 0 Å². The van der Waals surface area contributed by atoms with E-state index in [2.05, 4.69) is 13.8 Å². The lowest BCUT2D eigenvalue weighted by atomic mass is 10.2. The molecule has 20 heavy (non-hydrogen) atoms. The molecule has 0 N–H and O–H groups in total. The van der Waals surface area contributed by atoms with Crippen LogP contribution in [0.1, 0.15) is 35.0 Å². The molecule has 0 saturated heterocycles. The Kier molecular flexibility index (Phi) is 3.69. The van der Waals surface area contributed by atoms with Crippen LogP contribution in [0.25, 0.3) is 10.2 Å². The van der Waals surface area contributed by atoms with E-state index in [9.17, 15) is 4.79 Å². The van der Waals surface area contributed by atoms with E-state index < -0.39 is 0 Å². The minimum Gasteiger partial charge on any atom is -0.468 e. The summed E-state index contributed by atoms with van der Waals surface area (Å²) >= 11 is 3.16. The van der Waals surface area contributed by atoms with Gasteiger partial charge in [0.25, 0.3) is 0 Å². The van der Waals surface area contributed by atoms with Crippen molar-refractivity contribution in [1.82, 2.24) is 9.97 Å². The molecule has 2 aromatic heterocycles. The third-order valence-electron chi connectivity index (χ3n) is 3.51. The van der Waals surface area contributed by atoms with Gasteiger partial charge in [0.2, 0.25) is 0 Å². The molecule has 1 aliphatic rings. The van der Waals surface area contributed by atoms with E-state index >= 15 is 0 Å². The zero-order chi connectivity index (χ0) is 14.3. The smallest absolute Gasteiger partial charge is 0.316 e. The van der Waals surface area contributed by atoms with E-state index in [1.54, 1.807) is 11.3 Å². The second-order valence-electron chi connectivity index (χ2n) is 4.99. The molecule has 0 spiro atoms. The van der Waals surface area contributed by atoms with Crippen molar-refractivity contribution in [2.75, 3.05) is 12.9 Å². The normalized spacial score (nSPS) is 14.8. The van der Waals surface area contributed by atoms with Crippen molar-refractivity contribution in [3.05, 3.63) is 16.3 Å². The van der Waals surface area contributed by atoms with Crippen LogP contribution < -0.4 is 0 Å². The van der Waals surface area contributed by atoms with Crippen LogP contribution in [0.4, 0.5) is 0 Å². The summed E-state index contributed by atoms with van der Waals surface area (Å²) < 4.78 is 4.71. The van der Waals surface area contributed by atoms with E-state index in [0.717, 1.165) is 21.1 Å². The molecule has 3 rings (SSSR count). The third kappa shape index (κ3) is 2.54. The number of hydrogen-bond acceptors (Lipinski definition) is 6. The maximum atomic E-state index is 11.4. The molecule has 0 atom stereocenters. The monoisotopic (exact) mass is 308 g/mol. The molecule has 0 bridgehead atoms. The fraction of sp³-hybridized carbons (Fsp3) is 0.500. The Morgan fingerprint density at radius 2 is 2.15 bits per heavy atom. The lowest BCUT2D eigenvalue weighted by molar-refractivity contribution is -0.137. The van der Waals surface area contributed by atoms with Gasteiger partial charge in [0, 0.05) is 16.2 Å². The fourth-order valence-electron chi connectivity index (χ4n) is 2.04. The van der Waals surface area contributed by atoms with Crippen LogP contribution in [-0.2, 0) is 9.53 Å². The van der Waals surface area contributed by atoms with Gasteiger partial charge in [-0.05, 0) is 32.3 Å². The van der Waals surface area contributed by atoms with Gasteiger partial charge in [0.1, 0.15) is 15.7 Å². The molecular weight excluding hydrogens is 292 g/mol. The van der Waals surface area contributed by atoms with Crippen molar-refractivity contribution in [1.29, 1.82) is 0 Å². The maximum absolute atomic E-state index is 11.4. The van der Waals surface area contributed by atoms with Crippen molar-refractivity contribution in [2.24, 2.45) is 0 Å². The molecule has 0 radical (unpaired) electrons. The van der Waals surface area contributed by atoms with Crippen molar-refractivity contribution < 1.29 is 9.53 Å². The maximum Gasteiger partial charge on any atom is 0.316 e. The molecular formula is C14H16N2O2S2. The van der Waals surface area contributed by atoms with E-state index in [0.29, 0.717) is 11.7 Å². The number of aryl methyl sites for hydroxylation is 2. The van der Waals surface area contributed by atoms with Gasteiger partial charge in [-0.25, -0.2) is 9.97 Å². The number of ether oxygens (including phenoxy) is 1. The van der Waals surface area contributed by atoms with Gasteiger partial charge in [0.15, 0.2) is 0 Å². The number of methoxy groups -OCH3 is 1. The predicted molar refractivity (Wildman–Crippen MR) is 81.6 cm³/mol. The van der Waals surface area contributed by atoms with Gasteiger partial charge in [0.05, 0.1) is 12.9 Å². The summed E-state index contributed by atoms with van der Waals surface area (Å²) in [6.45, 7) is 4.20. The molecule has 1 fully saturated rings. The lowest BCUT2D eigenvalue weighted by Gasteiger charge is -2.05. The molecule has 106 valence electrons. The van der Waals surface area contributed by atoms with Crippen molar-refractivity contribution in [2.45, 2.75) is 37.6 Å². The van der Waals surface area contributed by atoms with Crippen LogP contribution in [0.2, 0.25) is 0 Å². The van der Waals surface area contributed by atoms with Crippen molar-refractivity contribution >= 4 is 39.3 Å². The fourth-order valence-corrected chi connectivity index (χ4v) is 4.07. The number of nitrogens with zero attached hydrogens (tertiary/aromatic N) is 2. The highest BCUT2D eigenvalue weighted by molar-refractivity contribution is 8.00.